The molecule has 0 bridgehead atoms. The lowest BCUT2D eigenvalue weighted by atomic mass is 10.3. The van der Waals surface area contributed by atoms with Crippen LogP contribution in [0, 0.1) is 6.92 Å². The standard InChI is InChI=1S/C13H13BrClN5/c1-3-19-12-11(7(2)18-19)17-13(16)20(12)10-6-8(15)4-5-9(10)14/h4-6H,3H2,1-2H3,(H2,16,17). The molecule has 0 saturated carbocycles. The molecule has 0 atom stereocenters. The predicted octanol–water partition coefficient (Wildman–Crippen LogP) is 3.55. The second-order valence-electron chi connectivity index (χ2n) is 4.47. The maximum Gasteiger partial charge on any atom is 0.207 e. The van der Waals surface area contributed by atoms with Crippen LogP contribution in [0.25, 0.3) is 16.9 Å². The minimum Gasteiger partial charge on any atom is -0.369 e. The van der Waals surface area contributed by atoms with Crippen LogP contribution >= 0.6 is 27.5 Å². The van der Waals surface area contributed by atoms with Crippen molar-refractivity contribution >= 4 is 44.6 Å². The first kappa shape index (κ1) is 13.5. The number of nitrogens with zero attached hydrogens (tertiary/aromatic N) is 4. The van der Waals surface area contributed by atoms with Crippen molar-refractivity contribution in [3.05, 3.63) is 33.4 Å². The van der Waals surface area contributed by atoms with Crippen LogP contribution in [0.3, 0.4) is 0 Å². The molecule has 0 fully saturated rings. The summed E-state index contributed by atoms with van der Waals surface area (Å²) in [5, 5.41) is 5.12. The monoisotopic (exact) mass is 353 g/mol. The summed E-state index contributed by atoms with van der Waals surface area (Å²) >= 11 is 9.63. The van der Waals surface area contributed by atoms with Crippen LogP contribution in [0.5, 0.6) is 0 Å². The maximum absolute atomic E-state index is 6.10. The second kappa shape index (κ2) is 4.79. The van der Waals surface area contributed by atoms with Crippen molar-refractivity contribution in [2.75, 3.05) is 5.73 Å². The van der Waals surface area contributed by atoms with Crippen molar-refractivity contribution in [2.45, 2.75) is 20.4 Å². The largest absolute Gasteiger partial charge is 0.369 e. The number of hydrogen-bond acceptors (Lipinski definition) is 3. The third-order valence-corrected chi connectivity index (χ3v) is 4.09. The predicted molar refractivity (Wildman–Crippen MR) is 84.4 cm³/mol. The van der Waals surface area contributed by atoms with Gasteiger partial charge in [0.25, 0.3) is 0 Å². The summed E-state index contributed by atoms with van der Waals surface area (Å²) in [5.41, 5.74) is 9.50. The number of nitrogen functional groups attached to an aromatic ring is 1. The Morgan fingerprint density at radius 2 is 2.15 bits per heavy atom. The van der Waals surface area contributed by atoms with Crippen molar-refractivity contribution in [1.29, 1.82) is 0 Å². The Morgan fingerprint density at radius 1 is 1.40 bits per heavy atom. The molecule has 0 amide bonds. The highest BCUT2D eigenvalue weighted by atomic mass is 79.9. The Balaban J connectivity index is 2.41. The minimum atomic E-state index is 0.422. The Bertz CT molecular complexity index is 805. The molecule has 0 saturated heterocycles. The average molecular weight is 355 g/mol. The lowest BCUT2D eigenvalue weighted by Crippen LogP contribution is -2.07. The van der Waals surface area contributed by atoms with E-state index < -0.39 is 0 Å². The van der Waals surface area contributed by atoms with Crippen LogP contribution < -0.4 is 5.73 Å². The molecule has 0 spiro atoms. The molecule has 0 unspecified atom stereocenters. The van der Waals surface area contributed by atoms with Crippen LogP contribution in [0.4, 0.5) is 5.95 Å². The Labute approximate surface area is 129 Å². The van der Waals surface area contributed by atoms with Crippen molar-refractivity contribution in [3.63, 3.8) is 0 Å². The number of anilines is 1. The topological polar surface area (TPSA) is 61.7 Å². The van der Waals surface area contributed by atoms with E-state index in [1.807, 2.05) is 41.3 Å². The van der Waals surface area contributed by atoms with E-state index >= 15 is 0 Å². The molecular formula is C13H13BrClN5. The first-order valence-electron chi connectivity index (χ1n) is 6.19. The molecule has 2 heterocycles. The molecule has 20 heavy (non-hydrogen) atoms. The SMILES string of the molecule is CCn1nc(C)c2nc(N)n(-c3cc(Cl)ccc3Br)c21. The van der Waals surface area contributed by atoms with E-state index in [-0.39, 0.29) is 0 Å². The van der Waals surface area contributed by atoms with Crippen LogP contribution in [0.15, 0.2) is 22.7 Å². The summed E-state index contributed by atoms with van der Waals surface area (Å²) in [5.74, 6) is 0.422. The highest BCUT2D eigenvalue weighted by Gasteiger charge is 2.19. The average Bonchev–Trinajstić information content (AvgIpc) is 2.90. The van der Waals surface area contributed by atoms with Crippen molar-refractivity contribution in [3.8, 4) is 5.69 Å². The quantitative estimate of drug-likeness (QED) is 0.765. The van der Waals surface area contributed by atoms with E-state index in [1.165, 1.54) is 0 Å². The van der Waals surface area contributed by atoms with E-state index in [2.05, 4.69) is 26.0 Å². The van der Waals surface area contributed by atoms with Gasteiger partial charge in [-0.25, -0.2) is 9.67 Å². The zero-order valence-electron chi connectivity index (χ0n) is 11.1. The third-order valence-electron chi connectivity index (χ3n) is 3.19. The highest BCUT2D eigenvalue weighted by Crippen LogP contribution is 2.31. The molecule has 3 aromatic rings. The molecule has 5 nitrogen and oxygen atoms in total. The summed E-state index contributed by atoms with van der Waals surface area (Å²) in [7, 11) is 0. The number of aryl methyl sites for hydroxylation is 2. The van der Waals surface area contributed by atoms with Crippen molar-refractivity contribution in [2.24, 2.45) is 0 Å². The zero-order valence-corrected chi connectivity index (χ0v) is 13.4. The molecule has 0 radical (unpaired) electrons. The number of benzene rings is 1. The van der Waals surface area contributed by atoms with Gasteiger partial charge in [0.15, 0.2) is 5.65 Å². The van der Waals surface area contributed by atoms with Gasteiger partial charge in [0, 0.05) is 16.0 Å². The normalized spacial score (nSPS) is 11.4. The lowest BCUT2D eigenvalue weighted by molar-refractivity contribution is 0.663. The van der Waals surface area contributed by atoms with E-state index in [1.54, 1.807) is 0 Å². The fourth-order valence-electron chi connectivity index (χ4n) is 2.30. The summed E-state index contributed by atoms with van der Waals surface area (Å²) in [6, 6.07) is 5.57. The molecule has 0 aliphatic carbocycles. The summed E-state index contributed by atoms with van der Waals surface area (Å²) in [6.07, 6.45) is 0. The van der Waals surface area contributed by atoms with Gasteiger partial charge in [-0.15, -0.1) is 0 Å². The van der Waals surface area contributed by atoms with Gasteiger partial charge in [0.1, 0.15) is 5.52 Å². The molecule has 2 aromatic heterocycles. The number of hydrogen-bond donors (Lipinski definition) is 1. The molecule has 7 heteroatoms. The number of imidazole rings is 1. The first-order valence-corrected chi connectivity index (χ1v) is 7.36. The van der Waals surface area contributed by atoms with Gasteiger partial charge in [-0.05, 0) is 48.0 Å². The van der Waals surface area contributed by atoms with E-state index in [0.29, 0.717) is 11.0 Å². The number of rotatable bonds is 2. The van der Waals surface area contributed by atoms with Crippen molar-refractivity contribution < 1.29 is 0 Å². The second-order valence-corrected chi connectivity index (χ2v) is 5.77. The van der Waals surface area contributed by atoms with Crippen LogP contribution in [0.2, 0.25) is 5.02 Å². The summed E-state index contributed by atoms with van der Waals surface area (Å²) in [6.45, 7) is 4.71. The number of aromatic nitrogens is 4. The molecule has 104 valence electrons. The molecule has 0 aliphatic rings. The van der Waals surface area contributed by atoms with E-state index in [4.69, 9.17) is 17.3 Å². The van der Waals surface area contributed by atoms with Crippen molar-refractivity contribution in [1.82, 2.24) is 19.3 Å². The fraction of sp³-hybridized carbons (Fsp3) is 0.231. The van der Waals surface area contributed by atoms with Gasteiger partial charge in [0.2, 0.25) is 5.95 Å². The van der Waals surface area contributed by atoms with E-state index in [9.17, 15) is 0 Å². The minimum absolute atomic E-state index is 0.422. The Morgan fingerprint density at radius 3 is 2.85 bits per heavy atom. The highest BCUT2D eigenvalue weighted by molar-refractivity contribution is 9.10. The van der Waals surface area contributed by atoms with Crippen LogP contribution in [0.1, 0.15) is 12.6 Å². The molecule has 0 aliphatic heterocycles. The fourth-order valence-corrected chi connectivity index (χ4v) is 2.89. The molecule has 3 rings (SSSR count). The summed E-state index contributed by atoms with van der Waals surface area (Å²) < 4.78 is 4.66. The first-order chi connectivity index (χ1) is 9.52. The van der Waals surface area contributed by atoms with Gasteiger partial charge >= 0.3 is 0 Å². The van der Waals surface area contributed by atoms with E-state index in [0.717, 1.165) is 33.6 Å². The Hall–Kier alpha value is -1.53. The molecular weight excluding hydrogens is 342 g/mol. The number of fused-ring (bicyclic) bond motifs is 1. The van der Waals surface area contributed by atoms with Gasteiger partial charge in [-0.1, -0.05) is 11.6 Å². The smallest absolute Gasteiger partial charge is 0.207 e. The Kier molecular flexibility index (Phi) is 3.22. The van der Waals surface area contributed by atoms with Gasteiger partial charge in [0.05, 0.1) is 11.4 Å². The molecule has 2 N–H and O–H groups in total. The third kappa shape index (κ3) is 1.91. The van der Waals surface area contributed by atoms with Gasteiger partial charge in [-0.3, -0.25) is 4.57 Å². The summed E-state index contributed by atoms with van der Waals surface area (Å²) in [4.78, 5) is 4.42. The number of nitrogens with two attached hydrogens (primary N) is 1. The number of halogens is 2. The van der Waals surface area contributed by atoms with Crippen LogP contribution in [-0.2, 0) is 6.54 Å². The van der Waals surface area contributed by atoms with Crippen LogP contribution in [-0.4, -0.2) is 19.3 Å². The zero-order chi connectivity index (χ0) is 14.4. The van der Waals surface area contributed by atoms with Gasteiger partial charge < -0.3 is 5.73 Å². The van der Waals surface area contributed by atoms with Gasteiger partial charge in [-0.2, -0.15) is 5.10 Å². The lowest BCUT2D eigenvalue weighted by Gasteiger charge is -2.10. The molecule has 1 aromatic carbocycles. The maximum atomic E-state index is 6.10.